The van der Waals surface area contributed by atoms with E-state index in [1.54, 1.807) is 30.6 Å². The molecule has 0 bridgehead atoms. The quantitative estimate of drug-likeness (QED) is 0.617. The van der Waals surface area contributed by atoms with E-state index in [0.717, 1.165) is 19.4 Å². The number of carbonyl (C=O) groups excluding carboxylic acids is 1. The first kappa shape index (κ1) is 17.6. The van der Waals surface area contributed by atoms with Crippen molar-refractivity contribution in [2.75, 3.05) is 24.6 Å². The summed E-state index contributed by atoms with van der Waals surface area (Å²) in [5, 5.41) is 13.9. The number of nitrogens with one attached hydrogen (secondary N) is 1. The number of hydrogen-bond acceptors (Lipinski definition) is 7. The minimum absolute atomic E-state index is 0.0468. The van der Waals surface area contributed by atoms with Gasteiger partial charge in [0.25, 0.3) is 5.91 Å². The molecule has 1 aromatic carbocycles. The lowest BCUT2D eigenvalue weighted by Gasteiger charge is -2.33. The van der Waals surface area contributed by atoms with Crippen LogP contribution in [0.1, 0.15) is 12.8 Å². The molecule has 3 rings (SSSR count). The number of carbonyl (C=O) groups is 1. The summed E-state index contributed by atoms with van der Waals surface area (Å²) in [6.45, 7) is 1.17. The van der Waals surface area contributed by atoms with Crippen molar-refractivity contribution in [2.45, 2.75) is 18.9 Å². The van der Waals surface area contributed by atoms with Crippen molar-refractivity contribution in [1.82, 2.24) is 15.3 Å². The highest BCUT2D eigenvalue weighted by Crippen LogP contribution is 2.25. The summed E-state index contributed by atoms with van der Waals surface area (Å²) in [6, 6.07) is 7.70. The maximum Gasteiger partial charge on any atom is 0.310 e. The molecule has 9 heteroatoms. The third kappa shape index (κ3) is 4.44. The fourth-order valence-corrected chi connectivity index (χ4v) is 2.87. The average Bonchev–Trinajstić information content (AvgIpc) is 2.67. The molecule has 2 heterocycles. The Balaban J connectivity index is 1.53. The van der Waals surface area contributed by atoms with Crippen LogP contribution in [0, 0.1) is 10.1 Å². The van der Waals surface area contributed by atoms with Crippen LogP contribution in [-0.2, 0) is 4.79 Å². The molecular formula is C17H19N5O4. The van der Waals surface area contributed by atoms with E-state index < -0.39 is 4.92 Å². The molecule has 0 aliphatic carbocycles. The molecule has 0 spiro atoms. The summed E-state index contributed by atoms with van der Waals surface area (Å²) in [4.78, 5) is 33.1. The maximum absolute atomic E-state index is 12.2. The highest BCUT2D eigenvalue weighted by molar-refractivity contribution is 5.78. The number of anilines is 1. The van der Waals surface area contributed by atoms with E-state index in [1.165, 1.54) is 12.1 Å². The highest BCUT2D eigenvalue weighted by Gasteiger charge is 2.23. The Morgan fingerprint density at radius 3 is 2.85 bits per heavy atom. The smallest absolute Gasteiger partial charge is 0.310 e. The van der Waals surface area contributed by atoms with E-state index in [9.17, 15) is 14.9 Å². The van der Waals surface area contributed by atoms with Gasteiger partial charge in [-0.05, 0) is 25.0 Å². The SMILES string of the molecule is O=C(COc1ccccc1[N+](=O)[O-])NC1CCCN(c2ncccn2)C1. The number of aromatic nitrogens is 2. The largest absolute Gasteiger partial charge is 0.477 e. The van der Waals surface area contributed by atoms with Crippen molar-refractivity contribution in [2.24, 2.45) is 0 Å². The van der Waals surface area contributed by atoms with Crippen molar-refractivity contribution in [3.63, 3.8) is 0 Å². The van der Waals surface area contributed by atoms with E-state index in [4.69, 9.17) is 4.74 Å². The number of benzene rings is 1. The Hall–Kier alpha value is -3.23. The van der Waals surface area contributed by atoms with Gasteiger partial charge in [0.1, 0.15) is 0 Å². The second kappa shape index (κ2) is 8.24. The van der Waals surface area contributed by atoms with E-state index in [1.807, 2.05) is 4.90 Å². The van der Waals surface area contributed by atoms with Gasteiger partial charge in [-0.25, -0.2) is 9.97 Å². The molecule has 1 amide bonds. The van der Waals surface area contributed by atoms with Gasteiger partial charge in [-0.15, -0.1) is 0 Å². The summed E-state index contributed by atoms with van der Waals surface area (Å²) >= 11 is 0. The number of piperidine rings is 1. The fourth-order valence-electron chi connectivity index (χ4n) is 2.87. The maximum atomic E-state index is 12.2. The van der Waals surface area contributed by atoms with Crippen molar-refractivity contribution in [3.05, 3.63) is 52.8 Å². The predicted octanol–water partition coefficient (Wildman–Crippen LogP) is 1.55. The van der Waals surface area contributed by atoms with Gasteiger partial charge in [0.15, 0.2) is 12.4 Å². The van der Waals surface area contributed by atoms with Gasteiger partial charge in [-0.2, -0.15) is 0 Å². The van der Waals surface area contributed by atoms with Crippen LogP contribution >= 0.6 is 0 Å². The van der Waals surface area contributed by atoms with Crippen molar-refractivity contribution in [1.29, 1.82) is 0 Å². The Kier molecular flexibility index (Phi) is 5.57. The van der Waals surface area contributed by atoms with Gasteiger partial charge in [0.05, 0.1) is 4.92 Å². The number of ether oxygens (including phenoxy) is 1. The van der Waals surface area contributed by atoms with Gasteiger partial charge in [0, 0.05) is 37.6 Å². The summed E-state index contributed by atoms with van der Waals surface area (Å²) < 4.78 is 5.32. The van der Waals surface area contributed by atoms with Crippen LogP contribution in [0.15, 0.2) is 42.7 Å². The molecule has 1 N–H and O–H groups in total. The number of para-hydroxylation sites is 2. The molecule has 0 saturated carbocycles. The summed E-state index contributed by atoms with van der Waals surface area (Å²) in [5.74, 6) is 0.405. The zero-order chi connectivity index (χ0) is 18.4. The van der Waals surface area contributed by atoms with E-state index in [-0.39, 0.29) is 30.0 Å². The van der Waals surface area contributed by atoms with Gasteiger partial charge >= 0.3 is 5.69 Å². The zero-order valence-corrected chi connectivity index (χ0v) is 14.1. The second-order valence-corrected chi connectivity index (χ2v) is 5.91. The molecule has 9 nitrogen and oxygen atoms in total. The normalized spacial score (nSPS) is 16.8. The number of rotatable bonds is 6. The van der Waals surface area contributed by atoms with Crippen molar-refractivity contribution in [3.8, 4) is 5.75 Å². The van der Waals surface area contributed by atoms with Crippen LogP contribution in [0.5, 0.6) is 5.75 Å². The predicted molar refractivity (Wildman–Crippen MR) is 94.0 cm³/mol. The summed E-state index contributed by atoms with van der Waals surface area (Å²) in [6.07, 6.45) is 5.13. The van der Waals surface area contributed by atoms with Crippen LogP contribution in [0.3, 0.4) is 0 Å². The molecule has 1 aliphatic rings. The number of amides is 1. The average molecular weight is 357 g/mol. The Bertz CT molecular complexity index is 771. The minimum Gasteiger partial charge on any atom is -0.477 e. The van der Waals surface area contributed by atoms with Crippen molar-refractivity contribution >= 4 is 17.5 Å². The monoisotopic (exact) mass is 357 g/mol. The first-order chi connectivity index (χ1) is 12.6. The molecular weight excluding hydrogens is 338 g/mol. The third-order valence-electron chi connectivity index (χ3n) is 4.04. The van der Waals surface area contributed by atoms with Crippen LogP contribution in [0.2, 0.25) is 0 Å². The third-order valence-corrected chi connectivity index (χ3v) is 4.04. The topological polar surface area (TPSA) is 110 Å². The standard InChI is InChI=1S/C17H19N5O4/c23-16(12-26-15-7-2-1-6-14(15)22(24)25)20-13-5-3-10-21(11-13)17-18-8-4-9-19-17/h1-2,4,6-9,13H,3,5,10-12H2,(H,20,23). The van der Waals surface area contributed by atoms with Gasteiger partial charge in [-0.3, -0.25) is 14.9 Å². The van der Waals surface area contributed by atoms with Crippen LogP contribution in [-0.4, -0.2) is 46.5 Å². The molecule has 136 valence electrons. The number of nitro groups is 1. The Labute approximate surface area is 150 Å². The first-order valence-corrected chi connectivity index (χ1v) is 8.31. The zero-order valence-electron chi connectivity index (χ0n) is 14.1. The molecule has 1 unspecified atom stereocenters. The number of nitro benzene ring substituents is 1. The number of hydrogen-bond donors (Lipinski definition) is 1. The van der Waals surface area contributed by atoms with Gasteiger partial charge in [0.2, 0.25) is 5.95 Å². The lowest BCUT2D eigenvalue weighted by Crippen LogP contribution is -2.49. The summed E-state index contributed by atoms with van der Waals surface area (Å²) in [7, 11) is 0. The molecule has 1 atom stereocenters. The molecule has 2 aromatic rings. The Morgan fingerprint density at radius 2 is 2.08 bits per heavy atom. The van der Waals surface area contributed by atoms with Crippen LogP contribution < -0.4 is 15.0 Å². The fraction of sp³-hybridized carbons (Fsp3) is 0.353. The minimum atomic E-state index is -0.536. The van der Waals surface area contributed by atoms with Crippen LogP contribution in [0.25, 0.3) is 0 Å². The number of nitrogens with zero attached hydrogens (tertiary/aromatic N) is 4. The van der Waals surface area contributed by atoms with Crippen LogP contribution in [0.4, 0.5) is 11.6 Å². The van der Waals surface area contributed by atoms with Gasteiger partial charge < -0.3 is 15.0 Å². The molecule has 1 saturated heterocycles. The molecule has 1 aliphatic heterocycles. The van der Waals surface area contributed by atoms with E-state index in [2.05, 4.69) is 15.3 Å². The highest BCUT2D eigenvalue weighted by atomic mass is 16.6. The van der Waals surface area contributed by atoms with E-state index >= 15 is 0 Å². The lowest BCUT2D eigenvalue weighted by molar-refractivity contribution is -0.385. The Morgan fingerprint density at radius 1 is 1.31 bits per heavy atom. The summed E-state index contributed by atoms with van der Waals surface area (Å²) in [5.41, 5.74) is -0.162. The van der Waals surface area contributed by atoms with Gasteiger partial charge in [-0.1, -0.05) is 12.1 Å². The second-order valence-electron chi connectivity index (χ2n) is 5.91. The van der Waals surface area contributed by atoms with E-state index in [0.29, 0.717) is 12.5 Å². The first-order valence-electron chi connectivity index (χ1n) is 8.31. The molecule has 1 fully saturated rings. The van der Waals surface area contributed by atoms with Crippen molar-refractivity contribution < 1.29 is 14.5 Å². The molecule has 1 aromatic heterocycles. The molecule has 26 heavy (non-hydrogen) atoms. The molecule has 0 radical (unpaired) electrons. The lowest BCUT2D eigenvalue weighted by atomic mass is 10.1.